The fourth-order valence-corrected chi connectivity index (χ4v) is 4.24. The molecule has 0 aromatic carbocycles. The van der Waals surface area contributed by atoms with E-state index in [4.69, 9.17) is 0 Å². The summed E-state index contributed by atoms with van der Waals surface area (Å²) >= 11 is 1.74. The van der Waals surface area contributed by atoms with Crippen LogP contribution in [0.5, 0.6) is 0 Å². The Morgan fingerprint density at radius 2 is 2.22 bits per heavy atom. The van der Waals surface area contributed by atoms with Gasteiger partial charge in [0.15, 0.2) is 0 Å². The van der Waals surface area contributed by atoms with Crippen LogP contribution in [-0.4, -0.2) is 39.4 Å². The second-order valence-corrected chi connectivity index (χ2v) is 6.79. The van der Waals surface area contributed by atoms with Crippen molar-refractivity contribution in [3.63, 3.8) is 0 Å². The molecule has 2 heterocycles. The van der Waals surface area contributed by atoms with E-state index in [1.807, 2.05) is 4.90 Å². The highest BCUT2D eigenvalue weighted by Crippen LogP contribution is 2.47. The molecule has 2 unspecified atom stereocenters. The smallest absolute Gasteiger partial charge is 0.243 e. The molecule has 1 N–H and O–H groups in total. The molecule has 2 amide bonds. The SMILES string of the molecule is CCC(CC)NC(=O)C1CSC2(C)CCC(=O)N12. The van der Waals surface area contributed by atoms with Crippen LogP contribution in [0.1, 0.15) is 46.5 Å². The number of hydrogen-bond donors (Lipinski definition) is 1. The van der Waals surface area contributed by atoms with Crippen molar-refractivity contribution in [1.82, 2.24) is 10.2 Å². The van der Waals surface area contributed by atoms with Gasteiger partial charge in [0, 0.05) is 18.2 Å². The highest BCUT2D eigenvalue weighted by atomic mass is 32.2. The summed E-state index contributed by atoms with van der Waals surface area (Å²) in [4.78, 5) is 25.9. The zero-order valence-electron chi connectivity index (χ0n) is 11.4. The molecule has 102 valence electrons. The molecule has 2 saturated heterocycles. The van der Waals surface area contributed by atoms with Crippen LogP contribution in [0.15, 0.2) is 0 Å². The zero-order valence-corrected chi connectivity index (χ0v) is 12.2. The molecular formula is C13H22N2O2S. The molecule has 0 bridgehead atoms. The Labute approximate surface area is 113 Å². The zero-order chi connectivity index (χ0) is 13.3. The van der Waals surface area contributed by atoms with Crippen molar-refractivity contribution in [1.29, 1.82) is 0 Å². The number of thioether (sulfide) groups is 1. The van der Waals surface area contributed by atoms with Gasteiger partial charge in [0.2, 0.25) is 11.8 Å². The van der Waals surface area contributed by atoms with Crippen LogP contribution in [0.4, 0.5) is 0 Å². The molecule has 2 aliphatic rings. The molecule has 0 aromatic rings. The van der Waals surface area contributed by atoms with Crippen LogP contribution >= 0.6 is 11.8 Å². The van der Waals surface area contributed by atoms with Gasteiger partial charge in [-0.1, -0.05) is 13.8 Å². The van der Waals surface area contributed by atoms with Crippen LogP contribution in [0, 0.1) is 0 Å². The van der Waals surface area contributed by atoms with Gasteiger partial charge in [-0.15, -0.1) is 11.8 Å². The minimum atomic E-state index is -0.268. The van der Waals surface area contributed by atoms with Gasteiger partial charge in [-0.05, 0) is 26.2 Å². The Kier molecular flexibility index (Phi) is 3.90. The quantitative estimate of drug-likeness (QED) is 0.846. The molecule has 4 nitrogen and oxygen atoms in total. The fraction of sp³-hybridized carbons (Fsp3) is 0.846. The number of carbonyl (C=O) groups is 2. The summed E-state index contributed by atoms with van der Waals surface area (Å²) < 4.78 is 0. The molecule has 0 spiro atoms. The lowest BCUT2D eigenvalue weighted by atomic mass is 10.1. The number of fused-ring (bicyclic) bond motifs is 1. The predicted molar refractivity (Wildman–Crippen MR) is 73.2 cm³/mol. The Bertz CT molecular complexity index is 357. The van der Waals surface area contributed by atoms with E-state index in [-0.39, 0.29) is 28.8 Å². The maximum Gasteiger partial charge on any atom is 0.243 e. The third kappa shape index (κ3) is 2.25. The van der Waals surface area contributed by atoms with Gasteiger partial charge >= 0.3 is 0 Å². The first-order valence-corrected chi connectivity index (χ1v) is 7.77. The highest BCUT2D eigenvalue weighted by Gasteiger charge is 2.52. The van der Waals surface area contributed by atoms with E-state index in [0.717, 1.165) is 25.0 Å². The van der Waals surface area contributed by atoms with Gasteiger partial charge in [0.05, 0.1) is 4.87 Å². The molecule has 2 atom stereocenters. The van der Waals surface area contributed by atoms with Crippen molar-refractivity contribution in [3.05, 3.63) is 0 Å². The van der Waals surface area contributed by atoms with Crippen molar-refractivity contribution in [2.75, 3.05) is 5.75 Å². The Balaban J connectivity index is 2.05. The monoisotopic (exact) mass is 270 g/mol. The van der Waals surface area contributed by atoms with Crippen molar-refractivity contribution in [2.45, 2.75) is 63.4 Å². The van der Waals surface area contributed by atoms with Crippen LogP contribution < -0.4 is 5.32 Å². The second-order valence-electron chi connectivity index (χ2n) is 5.29. The molecule has 5 heteroatoms. The lowest BCUT2D eigenvalue weighted by Crippen LogP contribution is -2.51. The highest BCUT2D eigenvalue weighted by molar-refractivity contribution is 8.01. The summed E-state index contributed by atoms with van der Waals surface area (Å²) in [7, 11) is 0. The average Bonchev–Trinajstić information content (AvgIpc) is 2.84. The third-order valence-electron chi connectivity index (χ3n) is 4.08. The Hall–Kier alpha value is -0.710. The summed E-state index contributed by atoms with van der Waals surface area (Å²) in [5, 5.41) is 3.06. The molecule has 2 rings (SSSR count). The molecule has 2 aliphatic heterocycles. The van der Waals surface area contributed by atoms with E-state index in [1.54, 1.807) is 11.8 Å². The van der Waals surface area contributed by atoms with Gasteiger partial charge in [-0.2, -0.15) is 0 Å². The van der Waals surface area contributed by atoms with Gasteiger partial charge in [-0.3, -0.25) is 9.59 Å². The van der Waals surface area contributed by atoms with Crippen molar-refractivity contribution >= 4 is 23.6 Å². The van der Waals surface area contributed by atoms with Gasteiger partial charge in [0.1, 0.15) is 6.04 Å². The first-order chi connectivity index (χ1) is 8.51. The van der Waals surface area contributed by atoms with Gasteiger partial charge < -0.3 is 10.2 Å². The Morgan fingerprint density at radius 1 is 1.56 bits per heavy atom. The summed E-state index contributed by atoms with van der Waals surface area (Å²) in [6.07, 6.45) is 3.32. The maximum atomic E-state index is 12.3. The third-order valence-corrected chi connectivity index (χ3v) is 5.58. The van der Waals surface area contributed by atoms with Crippen molar-refractivity contribution < 1.29 is 9.59 Å². The van der Waals surface area contributed by atoms with Crippen molar-refractivity contribution in [2.24, 2.45) is 0 Å². The Morgan fingerprint density at radius 3 is 2.83 bits per heavy atom. The molecule has 0 radical (unpaired) electrons. The van der Waals surface area contributed by atoms with E-state index in [2.05, 4.69) is 26.1 Å². The fourth-order valence-electron chi connectivity index (χ4n) is 2.80. The molecule has 0 aliphatic carbocycles. The predicted octanol–water partition coefficient (Wildman–Crippen LogP) is 1.75. The number of carbonyl (C=O) groups excluding carboxylic acids is 2. The summed E-state index contributed by atoms with van der Waals surface area (Å²) in [5.74, 6) is 0.885. The lowest BCUT2D eigenvalue weighted by Gasteiger charge is -2.30. The van der Waals surface area contributed by atoms with Crippen molar-refractivity contribution in [3.8, 4) is 0 Å². The largest absolute Gasteiger partial charge is 0.352 e. The van der Waals surface area contributed by atoms with E-state index in [1.165, 1.54) is 0 Å². The topological polar surface area (TPSA) is 49.4 Å². The summed E-state index contributed by atoms with van der Waals surface area (Å²) in [6.45, 7) is 6.22. The molecule has 2 fully saturated rings. The minimum Gasteiger partial charge on any atom is -0.352 e. The molecular weight excluding hydrogens is 248 g/mol. The standard InChI is InChI=1S/C13H22N2O2S/c1-4-9(5-2)14-12(17)10-8-18-13(3)7-6-11(16)15(10)13/h9-10H,4-8H2,1-3H3,(H,14,17). The summed E-state index contributed by atoms with van der Waals surface area (Å²) in [5.41, 5.74) is 0. The average molecular weight is 270 g/mol. The van der Waals surface area contributed by atoms with E-state index >= 15 is 0 Å². The van der Waals surface area contributed by atoms with E-state index in [0.29, 0.717) is 6.42 Å². The van der Waals surface area contributed by atoms with E-state index < -0.39 is 0 Å². The first kappa shape index (κ1) is 13.7. The first-order valence-electron chi connectivity index (χ1n) is 6.78. The van der Waals surface area contributed by atoms with Gasteiger partial charge in [0.25, 0.3) is 0 Å². The van der Waals surface area contributed by atoms with Crippen LogP contribution in [-0.2, 0) is 9.59 Å². The molecule has 0 saturated carbocycles. The van der Waals surface area contributed by atoms with Crippen LogP contribution in [0.25, 0.3) is 0 Å². The molecule has 0 aromatic heterocycles. The number of rotatable bonds is 4. The number of nitrogens with zero attached hydrogens (tertiary/aromatic N) is 1. The lowest BCUT2D eigenvalue weighted by molar-refractivity contribution is -0.138. The van der Waals surface area contributed by atoms with Gasteiger partial charge in [-0.25, -0.2) is 0 Å². The minimum absolute atomic E-state index is 0.0233. The normalized spacial score (nSPS) is 31.0. The van der Waals surface area contributed by atoms with Crippen LogP contribution in [0.3, 0.4) is 0 Å². The van der Waals surface area contributed by atoms with Crippen LogP contribution in [0.2, 0.25) is 0 Å². The molecule has 18 heavy (non-hydrogen) atoms. The van der Waals surface area contributed by atoms with E-state index in [9.17, 15) is 9.59 Å². The number of nitrogens with one attached hydrogen (secondary N) is 1. The number of amides is 2. The number of hydrogen-bond acceptors (Lipinski definition) is 3. The summed E-state index contributed by atoms with van der Waals surface area (Å²) in [6, 6.07) is -0.0392. The maximum absolute atomic E-state index is 12.3. The second kappa shape index (κ2) is 5.11.